The summed E-state index contributed by atoms with van der Waals surface area (Å²) in [7, 11) is 0. The number of hydrogen-bond donors (Lipinski definition) is 0. The molecule has 1 fully saturated rings. The van der Waals surface area contributed by atoms with Crippen molar-refractivity contribution < 1.29 is 4.79 Å². The summed E-state index contributed by atoms with van der Waals surface area (Å²) in [4.78, 5) is 14.3. The van der Waals surface area contributed by atoms with E-state index < -0.39 is 4.33 Å². The average Bonchev–Trinajstić information content (AvgIpc) is 2.47. The fourth-order valence-corrected chi connectivity index (χ4v) is 3.40. The van der Waals surface area contributed by atoms with Gasteiger partial charge in [-0.25, -0.2) is 0 Å². The first-order valence-corrected chi connectivity index (χ1v) is 7.86. The first-order chi connectivity index (χ1) is 9.07. The molecule has 102 valence electrons. The first-order valence-electron chi connectivity index (χ1n) is 6.12. The predicted octanol–water partition coefficient (Wildman–Crippen LogP) is 4.14. The largest absolute Gasteiger partial charge is 0.304 e. The Labute approximate surface area is 127 Å². The molecule has 1 aromatic rings. The number of alkyl halides is 2. The van der Waals surface area contributed by atoms with E-state index in [0.29, 0.717) is 12.1 Å². The van der Waals surface area contributed by atoms with Gasteiger partial charge in [0.1, 0.15) is 0 Å². The Morgan fingerprint density at radius 2 is 2.05 bits per heavy atom. The molecule has 0 radical (unpaired) electrons. The molecule has 0 bridgehead atoms. The third kappa shape index (κ3) is 3.10. The van der Waals surface area contributed by atoms with E-state index in [0.717, 1.165) is 17.2 Å². The SMILES string of the molecule is C/C=C1\SCCCN1C(=O)C(Cl)(Cl)c1ccccc1. The van der Waals surface area contributed by atoms with E-state index in [1.165, 1.54) is 0 Å². The van der Waals surface area contributed by atoms with Crippen LogP contribution in [0.25, 0.3) is 0 Å². The number of carbonyl (C=O) groups excluding carboxylic acids is 1. The number of amides is 1. The molecule has 0 aromatic heterocycles. The molecule has 1 saturated heterocycles. The number of nitrogens with zero attached hydrogens (tertiary/aromatic N) is 1. The van der Waals surface area contributed by atoms with Crippen molar-refractivity contribution in [3.05, 3.63) is 47.0 Å². The molecule has 2 nitrogen and oxygen atoms in total. The van der Waals surface area contributed by atoms with Gasteiger partial charge in [-0.2, -0.15) is 0 Å². The highest BCUT2D eigenvalue weighted by Gasteiger charge is 2.40. The monoisotopic (exact) mass is 315 g/mol. The zero-order valence-corrected chi connectivity index (χ0v) is 12.9. The van der Waals surface area contributed by atoms with Crippen molar-refractivity contribution in [3.63, 3.8) is 0 Å². The predicted molar refractivity (Wildman–Crippen MR) is 82.4 cm³/mol. The molecule has 0 aliphatic carbocycles. The van der Waals surface area contributed by atoms with Crippen molar-refractivity contribution in [2.24, 2.45) is 0 Å². The third-order valence-corrected chi connectivity index (χ3v) is 4.94. The minimum absolute atomic E-state index is 0.276. The van der Waals surface area contributed by atoms with Gasteiger partial charge in [-0.3, -0.25) is 4.79 Å². The number of thioether (sulfide) groups is 1. The van der Waals surface area contributed by atoms with E-state index in [2.05, 4.69) is 0 Å². The normalized spacial score (nSPS) is 18.7. The average molecular weight is 316 g/mol. The van der Waals surface area contributed by atoms with Crippen molar-refractivity contribution >= 4 is 40.9 Å². The Kier molecular flexibility index (Phi) is 4.82. The van der Waals surface area contributed by atoms with Crippen molar-refractivity contribution in [2.75, 3.05) is 12.3 Å². The van der Waals surface area contributed by atoms with Gasteiger partial charge in [-0.15, -0.1) is 11.8 Å². The van der Waals surface area contributed by atoms with Gasteiger partial charge in [-0.1, -0.05) is 59.6 Å². The molecule has 1 amide bonds. The van der Waals surface area contributed by atoms with Gasteiger partial charge in [0.25, 0.3) is 5.91 Å². The second-order valence-electron chi connectivity index (χ2n) is 4.23. The molecular weight excluding hydrogens is 301 g/mol. The summed E-state index contributed by atoms with van der Waals surface area (Å²) in [6, 6.07) is 9.05. The van der Waals surface area contributed by atoms with Crippen LogP contribution in [0.2, 0.25) is 0 Å². The lowest BCUT2D eigenvalue weighted by molar-refractivity contribution is -0.129. The van der Waals surface area contributed by atoms with Gasteiger partial charge >= 0.3 is 0 Å². The number of hydrogen-bond acceptors (Lipinski definition) is 2. The number of allylic oxidation sites excluding steroid dienone is 1. The number of rotatable bonds is 2. The van der Waals surface area contributed by atoms with E-state index >= 15 is 0 Å². The Bertz CT molecular complexity index is 487. The highest BCUT2D eigenvalue weighted by molar-refractivity contribution is 8.03. The molecular formula is C14H15Cl2NOS. The molecule has 0 saturated carbocycles. The van der Waals surface area contributed by atoms with Crippen LogP contribution in [-0.2, 0) is 9.13 Å². The lowest BCUT2D eigenvalue weighted by Crippen LogP contribution is -2.41. The minimum Gasteiger partial charge on any atom is -0.304 e. The number of benzene rings is 1. The van der Waals surface area contributed by atoms with Gasteiger partial charge in [0.05, 0.1) is 5.03 Å². The summed E-state index contributed by atoms with van der Waals surface area (Å²) in [5.74, 6) is 0.745. The maximum absolute atomic E-state index is 12.6. The Morgan fingerprint density at radius 3 is 2.68 bits per heavy atom. The van der Waals surface area contributed by atoms with Gasteiger partial charge in [-0.05, 0) is 18.9 Å². The second-order valence-corrected chi connectivity index (χ2v) is 6.67. The fraction of sp³-hybridized carbons (Fsp3) is 0.357. The van der Waals surface area contributed by atoms with Crippen LogP contribution in [0.3, 0.4) is 0 Å². The summed E-state index contributed by atoms with van der Waals surface area (Å²) < 4.78 is -1.53. The van der Waals surface area contributed by atoms with Crippen LogP contribution < -0.4 is 0 Å². The summed E-state index contributed by atoms with van der Waals surface area (Å²) in [5, 5.41) is 0.929. The Balaban J connectivity index is 2.27. The molecule has 0 unspecified atom stereocenters. The van der Waals surface area contributed by atoms with Crippen molar-refractivity contribution in [1.29, 1.82) is 0 Å². The van der Waals surface area contributed by atoms with Crippen LogP contribution in [0.15, 0.2) is 41.4 Å². The first kappa shape index (κ1) is 14.8. The van der Waals surface area contributed by atoms with Crippen LogP contribution in [-0.4, -0.2) is 23.1 Å². The molecule has 19 heavy (non-hydrogen) atoms. The van der Waals surface area contributed by atoms with Gasteiger partial charge in [0.15, 0.2) is 0 Å². The fourth-order valence-electron chi connectivity index (χ4n) is 1.97. The van der Waals surface area contributed by atoms with E-state index in [4.69, 9.17) is 23.2 Å². The molecule has 2 rings (SSSR count). The van der Waals surface area contributed by atoms with E-state index in [9.17, 15) is 4.79 Å². The summed E-state index contributed by atoms with van der Waals surface area (Å²) in [6.07, 6.45) is 2.88. The highest BCUT2D eigenvalue weighted by Crippen LogP contribution is 2.39. The molecule has 0 spiro atoms. The quantitative estimate of drug-likeness (QED) is 0.764. The molecule has 1 aromatic carbocycles. The highest BCUT2D eigenvalue weighted by atomic mass is 35.5. The standard InChI is InChI=1S/C14H15Cl2NOS/c1-2-12-17(9-6-10-19-12)13(18)14(15,16)11-7-4-3-5-8-11/h2-5,7-8H,6,9-10H2,1H3/b12-2-. The smallest absolute Gasteiger partial charge is 0.268 e. The van der Waals surface area contributed by atoms with Gasteiger partial charge in [0, 0.05) is 12.3 Å². The molecule has 0 atom stereocenters. The Morgan fingerprint density at radius 1 is 1.37 bits per heavy atom. The molecule has 1 aliphatic rings. The maximum Gasteiger partial charge on any atom is 0.268 e. The van der Waals surface area contributed by atoms with Crippen molar-refractivity contribution in [3.8, 4) is 0 Å². The second kappa shape index (κ2) is 6.21. The Hall–Kier alpha value is -0.640. The van der Waals surface area contributed by atoms with Crippen LogP contribution >= 0.6 is 35.0 Å². The molecule has 1 aliphatic heterocycles. The summed E-state index contributed by atoms with van der Waals surface area (Å²) in [6.45, 7) is 2.58. The summed E-state index contributed by atoms with van der Waals surface area (Å²) >= 11 is 14.3. The van der Waals surface area contributed by atoms with Crippen LogP contribution in [0.4, 0.5) is 0 Å². The zero-order valence-electron chi connectivity index (χ0n) is 10.6. The number of carbonyl (C=O) groups is 1. The van der Waals surface area contributed by atoms with Gasteiger partial charge in [0.2, 0.25) is 4.33 Å². The topological polar surface area (TPSA) is 20.3 Å². The number of halogens is 2. The molecule has 5 heteroatoms. The minimum atomic E-state index is -1.53. The van der Waals surface area contributed by atoms with Gasteiger partial charge < -0.3 is 4.90 Å². The molecule has 0 N–H and O–H groups in total. The van der Waals surface area contributed by atoms with Crippen LogP contribution in [0.1, 0.15) is 18.9 Å². The lowest BCUT2D eigenvalue weighted by atomic mass is 10.1. The van der Waals surface area contributed by atoms with Crippen LogP contribution in [0, 0.1) is 0 Å². The van der Waals surface area contributed by atoms with Crippen LogP contribution in [0.5, 0.6) is 0 Å². The zero-order chi connectivity index (χ0) is 13.9. The van der Waals surface area contributed by atoms with E-state index in [1.54, 1.807) is 28.8 Å². The van der Waals surface area contributed by atoms with E-state index in [-0.39, 0.29) is 5.91 Å². The van der Waals surface area contributed by atoms with Crippen molar-refractivity contribution in [2.45, 2.75) is 17.7 Å². The maximum atomic E-state index is 12.6. The summed E-state index contributed by atoms with van der Waals surface area (Å²) in [5.41, 5.74) is 0.606. The van der Waals surface area contributed by atoms with E-state index in [1.807, 2.05) is 31.2 Å². The lowest BCUT2D eigenvalue weighted by Gasteiger charge is -2.33. The third-order valence-electron chi connectivity index (χ3n) is 2.94. The van der Waals surface area contributed by atoms with Crippen molar-refractivity contribution in [1.82, 2.24) is 4.90 Å². The molecule has 1 heterocycles.